The molecule has 1 aromatic rings. The van der Waals surface area contributed by atoms with Crippen molar-refractivity contribution in [3.05, 3.63) is 22.4 Å². The minimum atomic E-state index is 0.151. The monoisotopic (exact) mass is 298 g/mol. The molecular formula is C13H19BrN2O. The molecule has 94 valence electrons. The minimum absolute atomic E-state index is 0.151. The van der Waals surface area contributed by atoms with Crippen LogP contribution < -0.4 is 0 Å². The van der Waals surface area contributed by atoms with Crippen LogP contribution in [0.25, 0.3) is 0 Å². The first kappa shape index (κ1) is 12.7. The molecular weight excluding hydrogens is 280 g/mol. The van der Waals surface area contributed by atoms with Gasteiger partial charge in [-0.05, 0) is 55.1 Å². The van der Waals surface area contributed by atoms with Gasteiger partial charge in [-0.1, -0.05) is 0 Å². The van der Waals surface area contributed by atoms with E-state index in [0.717, 1.165) is 23.0 Å². The molecule has 0 N–H and O–H groups in total. The summed E-state index contributed by atoms with van der Waals surface area (Å²) in [6.45, 7) is 4.29. The van der Waals surface area contributed by atoms with E-state index in [1.54, 1.807) is 0 Å². The fraction of sp³-hybridized carbons (Fsp3) is 0.615. The average molecular weight is 299 g/mol. The van der Waals surface area contributed by atoms with Gasteiger partial charge in [0, 0.05) is 29.8 Å². The van der Waals surface area contributed by atoms with Crippen molar-refractivity contribution >= 4 is 21.8 Å². The third-order valence-electron chi connectivity index (χ3n) is 3.62. The Hall–Kier alpha value is -0.770. The summed E-state index contributed by atoms with van der Waals surface area (Å²) in [6, 6.07) is 2.59. The molecule has 0 aromatic carbocycles. The second-order valence-corrected chi connectivity index (χ2v) is 5.91. The van der Waals surface area contributed by atoms with Gasteiger partial charge in [-0.15, -0.1) is 0 Å². The maximum absolute atomic E-state index is 12.5. The van der Waals surface area contributed by atoms with E-state index in [0.29, 0.717) is 12.1 Å². The third-order valence-corrected chi connectivity index (χ3v) is 4.05. The van der Waals surface area contributed by atoms with Gasteiger partial charge in [0.1, 0.15) is 5.69 Å². The zero-order valence-corrected chi connectivity index (χ0v) is 12.2. The number of likely N-dealkylation sites (tertiary alicyclic amines) is 1. The van der Waals surface area contributed by atoms with Crippen LogP contribution in [0.15, 0.2) is 16.7 Å². The summed E-state index contributed by atoms with van der Waals surface area (Å²) in [5.41, 5.74) is 0.762. The number of hydrogen-bond donors (Lipinski definition) is 0. The Kier molecular flexibility index (Phi) is 3.61. The zero-order valence-electron chi connectivity index (χ0n) is 10.6. The van der Waals surface area contributed by atoms with Crippen molar-refractivity contribution in [1.29, 1.82) is 0 Å². The van der Waals surface area contributed by atoms with Crippen LogP contribution in [-0.2, 0) is 7.05 Å². The number of rotatable bonds is 1. The number of nitrogens with zero attached hydrogens (tertiary/aromatic N) is 2. The Bertz CT molecular complexity index is 417. The van der Waals surface area contributed by atoms with E-state index < -0.39 is 0 Å². The maximum atomic E-state index is 12.5. The Morgan fingerprint density at radius 1 is 1.35 bits per heavy atom. The van der Waals surface area contributed by atoms with Crippen LogP contribution in [0.1, 0.15) is 43.6 Å². The lowest BCUT2D eigenvalue weighted by atomic mass is 9.97. The molecule has 17 heavy (non-hydrogen) atoms. The first-order valence-corrected chi connectivity index (χ1v) is 6.94. The Labute approximate surface area is 111 Å². The van der Waals surface area contributed by atoms with E-state index in [2.05, 4.69) is 29.8 Å². The SMILES string of the molecule is CC1CCCC(C)N1C(=O)c1cc(Br)cn1C. The second-order valence-electron chi connectivity index (χ2n) is 5.00. The molecule has 1 aromatic heterocycles. The Morgan fingerprint density at radius 2 is 1.94 bits per heavy atom. The second kappa shape index (κ2) is 4.84. The molecule has 1 fully saturated rings. The summed E-state index contributed by atoms with van der Waals surface area (Å²) in [5, 5.41) is 0. The molecule has 2 atom stereocenters. The number of hydrogen-bond acceptors (Lipinski definition) is 1. The van der Waals surface area contributed by atoms with Crippen molar-refractivity contribution in [3.63, 3.8) is 0 Å². The molecule has 2 unspecified atom stereocenters. The van der Waals surface area contributed by atoms with E-state index in [4.69, 9.17) is 0 Å². The number of aromatic nitrogens is 1. The summed E-state index contributed by atoms with van der Waals surface area (Å²) in [6.07, 6.45) is 5.37. The lowest BCUT2D eigenvalue weighted by Gasteiger charge is -2.39. The molecule has 0 aliphatic carbocycles. The van der Waals surface area contributed by atoms with E-state index in [1.165, 1.54) is 6.42 Å². The number of halogens is 1. The summed E-state index contributed by atoms with van der Waals surface area (Å²) >= 11 is 3.41. The highest BCUT2D eigenvalue weighted by atomic mass is 79.9. The van der Waals surface area contributed by atoms with Crippen LogP contribution in [0.5, 0.6) is 0 Å². The van der Waals surface area contributed by atoms with Crippen LogP contribution in [0, 0.1) is 0 Å². The van der Waals surface area contributed by atoms with Crippen molar-refractivity contribution in [2.45, 2.75) is 45.2 Å². The molecule has 2 rings (SSSR count). The van der Waals surface area contributed by atoms with Crippen molar-refractivity contribution < 1.29 is 4.79 Å². The largest absolute Gasteiger partial charge is 0.345 e. The molecule has 2 heterocycles. The molecule has 1 amide bonds. The van der Waals surface area contributed by atoms with E-state index >= 15 is 0 Å². The standard InChI is InChI=1S/C13H19BrN2O/c1-9-5-4-6-10(2)16(9)13(17)12-7-11(14)8-15(12)3/h7-10H,4-6H2,1-3H3. The predicted molar refractivity (Wildman–Crippen MR) is 72.1 cm³/mol. The number of carbonyl (C=O) groups excluding carboxylic acids is 1. The van der Waals surface area contributed by atoms with Gasteiger partial charge in [0.2, 0.25) is 0 Å². The van der Waals surface area contributed by atoms with Crippen molar-refractivity contribution in [3.8, 4) is 0 Å². The predicted octanol–water partition coefficient (Wildman–Crippen LogP) is 3.19. The normalized spacial score (nSPS) is 25.1. The summed E-state index contributed by atoms with van der Waals surface area (Å²) in [4.78, 5) is 14.6. The van der Waals surface area contributed by atoms with Crippen LogP contribution in [0.2, 0.25) is 0 Å². The summed E-state index contributed by atoms with van der Waals surface area (Å²) < 4.78 is 2.85. The molecule has 4 heteroatoms. The fourth-order valence-corrected chi connectivity index (χ4v) is 3.21. The van der Waals surface area contributed by atoms with Gasteiger partial charge in [0.15, 0.2) is 0 Å². The van der Waals surface area contributed by atoms with Gasteiger partial charge >= 0.3 is 0 Å². The van der Waals surface area contributed by atoms with Gasteiger partial charge in [0.05, 0.1) is 0 Å². The molecule has 1 aliphatic heterocycles. The first-order valence-electron chi connectivity index (χ1n) is 6.15. The molecule has 0 radical (unpaired) electrons. The Morgan fingerprint density at radius 3 is 2.41 bits per heavy atom. The number of piperidine rings is 1. The van der Waals surface area contributed by atoms with Crippen molar-refractivity contribution in [2.24, 2.45) is 7.05 Å². The zero-order chi connectivity index (χ0) is 12.6. The average Bonchev–Trinajstić information content (AvgIpc) is 2.57. The van der Waals surface area contributed by atoms with Crippen molar-refractivity contribution in [2.75, 3.05) is 0 Å². The quantitative estimate of drug-likeness (QED) is 0.782. The number of carbonyl (C=O) groups is 1. The molecule has 1 aliphatic rings. The number of aryl methyl sites for hydroxylation is 1. The third kappa shape index (κ3) is 2.41. The highest BCUT2D eigenvalue weighted by Crippen LogP contribution is 2.25. The minimum Gasteiger partial charge on any atom is -0.345 e. The number of amides is 1. The summed E-state index contributed by atoms with van der Waals surface area (Å²) in [5.74, 6) is 0.151. The molecule has 0 saturated carbocycles. The Balaban J connectivity index is 2.27. The van der Waals surface area contributed by atoms with Gasteiger partial charge < -0.3 is 9.47 Å². The molecule has 1 saturated heterocycles. The first-order chi connectivity index (χ1) is 8.00. The molecule has 0 spiro atoms. The fourth-order valence-electron chi connectivity index (χ4n) is 2.69. The van der Waals surface area contributed by atoms with E-state index in [1.807, 2.05) is 28.8 Å². The van der Waals surface area contributed by atoms with Gasteiger partial charge in [-0.2, -0.15) is 0 Å². The van der Waals surface area contributed by atoms with Crippen LogP contribution in [0.3, 0.4) is 0 Å². The van der Waals surface area contributed by atoms with E-state index in [-0.39, 0.29) is 5.91 Å². The van der Waals surface area contributed by atoms with Crippen molar-refractivity contribution in [1.82, 2.24) is 9.47 Å². The molecule has 0 bridgehead atoms. The topological polar surface area (TPSA) is 25.2 Å². The maximum Gasteiger partial charge on any atom is 0.270 e. The molecule has 3 nitrogen and oxygen atoms in total. The summed E-state index contributed by atoms with van der Waals surface area (Å²) in [7, 11) is 1.91. The van der Waals surface area contributed by atoms with Gasteiger partial charge in [0.25, 0.3) is 5.91 Å². The van der Waals surface area contributed by atoms with Crippen LogP contribution >= 0.6 is 15.9 Å². The highest BCUT2D eigenvalue weighted by molar-refractivity contribution is 9.10. The lowest BCUT2D eigenvalue weighted by molar-refractivity contribution is 0.0501. The smallest absolute Gasteiger partial charge is 0.270 e. The van der Waals surface area contributed by atoms with Gasteiger partial charge in [-0.25, -0.2) is 0 Å². The van der Waals surface area contributed by atoms with E-state index in [9.17, 15) is 4.79 Å². The van der Waals surface area contributed by atoms with Crippen LogP contribution in [-0.4, -0.2) is 27.5 Å². The van der Waals surface area contributed by atoms with Gasteiger partial charge in [-0.3, -0.25) is 4.79 Å². The highest BCUT2D eigenvalue weighted by Gasteiger charge is 2.30. The lowest BCUT2D eigenvalue weighted by Crippen LogP contribution is -2.47. The van der Waals surface area contributed by atoms with Crippen LogP contribution in [0.4, 0.5) is 0 Å².